The lowest BCUT2D eigenvalue weighted by Gasteiger charge is -2.12. The van der Waals surface area contributed by atoms with Crippen molar-refractivity contribution in [1.29, 1.82) is 0 Å². The Morgan fingerprint density at radius 3 is 2.56 bits per heavy atom. The fourth-order valence-electron chi connectivity index (χ4n) is 1.77. The third-order valence-electron chi connectivity index (χ3n) is 2.67. The van der Waals surface area contributed by atoms with Crippen LogP contribution in [0.25, 0.3) is 5.69 Å². The van der Waals surface area contributed by atoms with Gasteiger partial charge in [-0.3, -0.25) is 9.36 Å². The molecule has 16 heavy (non-hydrogen) atoms. The van der Waals surface area contributed by atoms with E-state index in [0.29, 0.717) is 5.92 Å². The number of hydrogen-bond donors (Lipinski definition) is 0. The van der Waals surface area contributed by atoms with Gasteiger partial charge in [0.1, 0.15) is 0 Å². The Morgan fingerprint density at radius 2 is 1.94 bits per heavy atom. The first-order valence-electron chi connectivity index (χ1n) is 5.37. The molecule has 0 bridgehead atoms. The van der Waals surface area contributed by atoms with Crippen LogP contribution in [-0.4, -0.2) is 4.57 Å². The molecular formula is C13H15NOS. The topological polar surface area (TPSA) is 22.0 Å². The summed E-state index contributed by atoms with van der Waals surface area (Å²) in [6.45, 7) is 6.25. The smallest absolute Gasteiger partial charge is 0.271 e. The van der Waals surface area contributed by atoms with Gasteiger partial charge in [0.15, 0.2) is 0 Å². The van der Waals surface area contributed by atoms with Gasteiger partial charge in [0.2, 0.25) is 0 Å². The largest absolute Gasteiger partial charge is 0.311 e. The molecule has 0 unspecified atom stereocenters. The Morgan fingerprint density at radius 1 is 1.25 bits per heavy atom. The van der Waals surface area contributed by atoms with Gasteiger partial charge in [-0.25, -0.2) is 0 Å². The molecule has 0 aliphatic rings. The SMILES string of the molecule is Cc1ccccc1-n1c(C(C)C)csc1=O. The van der Waals surface area contributed by atoms with Gasteiger partial charge >= 0.3 is 4.87 Å². The minimum Gasteiger partial charge on any atom is -0.271 e. The van der Waals surface area contributed by atoms with Gasteiger partial charge in [0.25, 0.3) is 0 Å². The van der Waals surface area contributed by atoms with E-state index >= 15 is 0 Å². The van der Waals surface area contributed by atoms with Gasteiger partial charge in [-0.05, 0) is 24.5 Å². The fourth-order valence-corrected chi connectivity index (χ4v) is 2.68. The van der Waals surface area contributed by atoms with E-state index in [1.54, 1.807) is 0 Å². The zero-order valence-electron chi connectivity index (χ0n) is 9.73. The van der Waals surface area contributed by atoms with E-state index in [1.165, 1.54) is 11.3 Å². The molecule has 0 N–H and O–H groups in total. The lowest BCUT2D eigenvalue weighted by atomic mass is 10.1. The molecular weight excluding hydrogens is 218 g/mol. The van der Waals surface area contributed by atoms with Crippen LogP contribution >= 0.6 is 11.3 Å². The molecule has 0 amide bonds. The van der Waals surface area contributed by atoms with Crippen LogP contribution < -0.4 is 4.87 Å². The summed E-state index contributed by atoms with van der Waals surface area (Å²) in [5, 5.41) is 1.96. The second-order valence-corrected chi connectivity index (χ2v) is 5.02. The highest BCUT2D eigenvalue weighted by atomic mass is 32.1. The van der Waals surface area contributed by atoms with Crippen LogP contribution in [0.1, 0.15) is 31.0 Å². The number of para-hydroxylation sites is 1. The van der Waals surface area contributed by atoms with Crippen molar-refractivity contribution in [3.05, 3.63) is 50.6 Å². The van der Waals surface area contributed by atoms with Gasteiger partial charge in [-0.15, -0.1) is 0 Å². The number of aryl methyl sites for hydroxylation is 1. The summed E-state index contributed by atoms with van der Waals surface area (Å²) in [6, 6.07) is 7.99. The first-order valence-corrected chi connectivity index (χ1v) is 6.25. The maximum absolute atomic E-state index is 11.9. The van der Waals surface area contributed by atoms with Crippen LogP contribution in [0.15, 0.2) is 34.4 Å². The van der Waals surface area contributed by atoms with Crippen molar-refractivity contribution in [2.75, 3.05) is 0 Å². The summed E-state index contributed by atoms with van der Waals surface area (Å²) in [5.41, 5.74) is 3.21. The third-order valence-corrected chi connectivity index (χ3v) is 3.41. The van der Waals surface area contributed by atoms with Gasteiger partial charge in [0, 0.05) is 11.1 Å². The lowest BCUT2D eigenvalue weighted by Crippen LogP contribution is -2.15. The minimum atomic E-state index is 0.0954. The van der Waals surface area contributed by atoms with E-state index in [4.69, 9.17) is 0 Å². The van der Waals surface area contributed by atoms with E-state index in [-0.39, 0.29) is 4.87 Å². The number of hydrogen-bond acceptors (Lipinski definition) is 2. The number of rotatable bonds is 2. The van der Waals surface area contributed by atoms with E-state index in [1.807, 2.05) is 41.1 Å². The number of nitrogens with zero attached hydrogens (tertiary/aromatic N) is 1. The quantitative estimate of drug-likeness (QED) is 0.780. The van der Waals surface area contributed by atoms with E-state index in [0.717, 1.165) is 16.9 Å². The van der Waals surface area contributed by atoms with Gasteiger partial charge in [0.05, 0.1) is 5.69 Å². The summed E-state index contributed by atoms with van der Waals surface area (Å²) in [6.07, 6.45) is 0. The fraction of sp³-hybridized carbons (Fsp3) is 0.308. The molecule has 0 fully saturated rings. The van der Waals surface area contributed by atoms with Gasteiger partial charge in [-0.1, -0.05) is 43.4 Å². The summed E-state index contributed by atoms with van der Waals surface area (Å²) in [5.74, 6) is 0.360. The van der Waals surface area contributed by atoms with Gasteiger partial charge < -0.3 is 0 Å². The van der Waals surface area contributed by atoms with Crippen molar-refractivity contribution in [3.63, 3.8) is 0 Å². The Kier molecular flexibility index (Phi) is 2.97. The second kappa shape index (κ2) is 4.26. The molecule has 2 nitrogen and oxygen atoms in total. The highest BCUT2D eigenvalue weighted by Crippen LogP contribution is 2.21. The Labute approximate surface area is 99.2 Å². The van der Waals surface area contributed by atoms with Crippen LogP contribution in [0.2, 0.25) is 0 Å². The highest BCUT2D eigenvalue weighted by molar-refractivity contribution is 7.07. The monoisotopic (exact) mass is 233 g/mol. The Balaban J connectivity index is 2.69. The molecule has 0 saturated carbocycles. The van der Waals surface area contributed by atoms with Crippen molar-refractivity contribution in [2.45, 2.75) is 26.7 Å². The Hall–Kier alpha value is -1.35. The molecule has 0 radical (unpaired) electrons. The number of thiazole rings is 1. The van der Waals surface area contributed by atoms with Crippen molar-refractivity contribution in [3.8, 4) is 5.69 Å². The number of aromatic nitrogens is 1. The predicted octanol–water partition coefficient (Wildman–Crippen LogP) is 3.33. The Bertz CT molecular complexity index is 551. The second-order valence-electron chi connectivity index (χ2n) is 4.20. The summed E-state index contributed by atoms with van der Waals surface area (Å²) in [4.78, 5) is 12.0. The van der Waals surface area contributed by atoms with Crippen LogP contribution in [0.3, 0.4) is 0 Å². The summed E-state index contributed by atoms with van der Waals surface area (Å²) < 4.78 is 1.82. The minimum absolute atomic E-state index is 0.0954. The molecule has 1 aromatic heterocycles. The summed E-state index contributed by atoms with van der Waals surface area (Å²) >= 11 is 1.27. The molecule has 84 valence electrons. The van der Waals surface area contributed by atoms with E-state index in [9.17, 15) is 4.79 Å². The zero-order chi connectivity index (χ0) is 11.7. The molecule has 2 aromatic rings. The molecule has 0 aliphatic heterocycles. The van der Waals surface area contributed by atoms with Crippen LogP contribution in [0.4, 0.5) is 0 Å². The number of benzene rings is 1. The van der Waals surface area contributed by atoms with E-state index in [2.05, 4.69) is 13.8 Å². The normalized spacial score (nSPS) is 11.0. The van der Waals surface area contributed by atoms with Crippen LogP contribution in [0.5, 0.6) is 0 Å². The standard InChI is InChI=1S/C13H15NOS/c1-9(2)12-8-16-13(15)14(12)11-7-5-4-6-10(11)3/h4-9H,1-3H3. The first-order chi connectivity index (χ1) is 7.61. The van der Waals surface area contributed by atoms with Crippen LogP contribution in [0, 0.1) is 6.92 Å². The molecule has 1 aromatic carbocycles. The average Bonchev–Trinajstić information content (AvgIpc) is 2.61. The zero-order valence-corrected chi connectivity index (χ0v) is 10.5. The molecule has 2 rings (SSSR count). The summed E-state index contributed by atoms with van der Waals surface area (Å²) in [7, 11) is 0. The molecule has 0 aliphatic carbocycles. The maximum Gasteiger partial charge on any atom is 0.311 e. The lowest BCUT2D eigenvalue weighted by molar-refractivity contribution is 0.776. The molecule has 0 saturated heterocycles. The predicted molar refractivity (Wildman–Crippen MR) is 68.7 cm³/mol. The third kappa shape index (κ3) is 1.83. The first kappa shape index (κ1) is 11.1. The van der Waals surface area contributed by atoms with Crippen molar-refractivity contribution < 1.29 is 0 Å². The molecule has 0 spiro atoms. The van der Waals surface area contributed by atoms with Crippen molar-refractivity contribution in [1.82, 2.24) is 4.57 Å². The highest BCUT2D eigenvalue weighted by Gasteiger charge is 2.12. The maximum atomic E-state index is 11.9. The van der Waals surface area contributed by atoms with Crippen LogP contribution in [-0.2, 0) is 0 Å². The average molecular weight is 233 g/mol. The molecule has 0 atom stereocenters. The molecule has 3 heteroatoms. The van der Waals surface area contributed by atoms with Crippen molar-refractivity contribution >= 4 is 11.3 Å². The van der Waals surface area contributed by atoms with Gasteiger partial charge in [-0.2, -0.15) is 0 Å². The van der Waals surface area contributed by atoms with Crippen molar-refractivity contribution in [2.24, 2.45) is 0 Å². The molecule has 1 heterocycles. The van der Waals surface area contributed by atoms with E-state index < -0.39 is 0 Å².